The summed E-state index contributed by atoms with van der Waals surface area (Å²) in [6, 6.07) is 10.4. The van der Waals surface area contributed by atoms with Gasteiger partial charge in [0.15, 0.2) is 0 Å². The van der Waals surface area contributed by atoms with Gasteiger partial charge in [0, 0.05) is 47.9 Å². The predicted molar refractivity (Wildman–Crippen MR) is 150 cm³/mol. The molecular formula is C27H26Cl3F2N5O. The first kappa shape index (κ1) is 28.0. The molecular weight excluding hydrogens is 555 g/mol. The van der Waals surface area contributed by atoms with Gasteiger partial charge in [-0.1, -0.05) is 61.6 Å². The summed E-state index contributed by atoms with van der Waals surface area (Å²) in [6.07, 6.45) is 0. The number of benzene rings is 3. The lowest BCUT2D eigenvalue weighted by Gasteiger charge is -2.19. The SMILES string of the molecule is Cn1c(Nc2c(Cl)ccc(CNC(=O)C(C)(C)C)c2Cl)nc2cc(CNc3cc(F)cc(Cl)c3)c(F)cc21. The topological polar surface area (TPSA) is 71.0 Å². The van der Waals surface area contributed by atoms with Gasteiger partial charge in [-0.25, -0.2) is 13.8 Å². The van der Waals surface area contributed by atoms with E-state index < -0.39 is 17.0 Å². The first-order chi connectivity index (χ1) is 17.8. The smallest absolute Gasteiger partial charge is 0.225 e. The Labute approximate surface area is 234 Å². The van der Waals surface area contributed by atoms with E-state index in [2.05, 4.69) is 20.9 Å². The van der Waals surface area contributed by atoms with Crippen molar-refractivity contribution < 1.29 is 13.6 Å². The molecule has 0 aliphatic heterocycles. The number of imidazole rings is 1. The molecule has 38 heavy (non-hydrogen) atoms. The Hall–Kier alpha value is -3.07. The number of carbonyl (C=O) groups excluding carboxylic acids is 1. The zero-order valence-corrected chi connectivity index (χ0v) is 23.4. The van der Waals surface area contributed by atoms with Crippen LogP contribution in [-0.4, -0.2) is 15.5 Å². The summed E-state index contributed by atoms with van der Waals surface area (Å²) in [5.74, 6) is -0.661. The Morgan fingerprint density at radius 1 is 1.00 bits per heavy atom. The number of aryl methyl sites for hydroxylation is 1. The molecule has 0 bridgehead atoms. The number of hydrogen-bond acceptors (Lipinski definition) is 4. The molecule has 0 aliphatic rings. The third-order valence-corrected chi connectivity index (χ3v) is 6.89. The Kier molecular flexibility index (Phi) is 8.06. The van der Waals surface area contributed by atoms with Crippen molar-refractivity contribution in [1.82, 2.24) is 14.9 Å². The first-order valence-corrected chi connectivity index (χ1v) is 12.8. The average molecular weight is 581 g/mol. The number of hydrogen-bond donors (Lipinski definition) is 3. The van der Waals surface area contributed by atoms with Crippen LogP contribution in [0.15, 0.2) is 42.5 Å². The van der Waals surface area contributed by atoms with Crippen molar-refractivity contribution in [3.8, 4) is 0 Å². The highest BCUT2D eigenvalue weighted by Crippen LogP contribution is 2.36. The Bertz CT molecular complexity index is 1510. The minimum Gasteiger partial charge on any atom is -0.381 e. The highest BCUT2D eigenvalue weighted by molar-refractivity contribution is 6.39. The normalized spacial score (nSPS) is 11.6. The number of amides is 1. The fraction of sp³-hybridized carbons (Fsp3) is 0.259. The quantitative estimate of drug-likeness (QED) is 0.208. The summed E-state index contributed by atoms with van der Waals surface area (Å²) in [7, 11) is 1.74. The summed E-state index contributed by atoms with van der Waals surface area (Å²) in [5.41, 5.74) is 2.40. The van der Waals surface area contributed by atoms with Crippen LogP contribution in [0.25, 0.3) is 11.0 Å². The van der Waals surface area contributed by atoms with Gasteiger partial charge < -0.3 is 20.5 Å². The van der Waals surface area contributed by atoms with Crippen molar-refractivity contribution in [2.75, 3.05) is 10.6 Å². The fourth-order valence-electron chi connectivity index (χ4n) is 3.76. The number of halogens is 5. The molecule has 1 amide bonds. The summed E-state index contributed by atoms with van der Waals surface area (Å²) in [6.45, 7) is 5.80. The zero-order valence-electron chi connectivity index (χ0n) is 21.1. The molecule has 1 heterocycles. The first-order valence-electron chi connectivity index (χ1n) is 11.7. The third-order valence-electron chi connectivity index (χ3n) is 5.92. The molecule has 0 unspecified atom stereocenters. The van der Waals surface area contributed by atoms with Crippen molar-refractivity contribution in [3.63, 3.8) is 0 Å². The fourth-order valence-corrected chi connectivity index (χ4v) is 4.51. The molecule has 0 atom stereocenters. The molecule has 0 saturated heterocycles. The molecule has 1 aromatic heterocycles. The van der Waals surface area contributed by atoms with Crippen LogP contribution in [0.3, 0.4) is 0 Å². The van der Waals surface area contributed by atoms with Crippen molar-refractivity contribution in [2.45, 2.75) is 33.9 Å². The molecule has 0 saturated carbocycles. The zero-order chi connectivity index (χ0) is 27.8. The summed E-state index contributed by atoms with van der Waals surface area (Å²) < 4.78 is 30.2. The molecule has 3 aromatic carbocycles. The lowest BCUT2D eigenvalue weighted by Crippen LogP contribution is -2.34. The van der Waals surface area contributed by atoms with E-state index in [4.69, 9.17) is 34.8 Å². The van der Waals surface area contributed by atoms with E-state index in [1.165, 1.54) is 18.2 Å². The second kappa shape index (κ2) is 11.0. The molecule has 4 aromatic rings. The van der Waals surface area contributed by atoms with Gasteiger partial charge in [0.25, 0.3) is 0 Å². The van der Waals surface area contributed by atoms with Crippen molar-refractivity contribution in [2.24, 2.45) is 12.5 Å². The highest BCUT2D eigenvalue weighted by Gasteiger charge is 2.22. The predicted octanol–water partition coefficient (Wildman–Crippen LogP) is 7.83. The van der Waals surface area contributed by atoms with Gasteiger partial charge in [0.05, 0.1) is 26.8 Å². The minimum atomic E-state index is -0.541. The Balaban J connectivity index is 1.58. The van der Waals surface area contributed by atoms with Crippen molar-refractivity contribution in [3.05, 3.63) is 80.3 Å². The number of nitrogens with zero attached hydrogens (tertiary/aromatic N) is 2. The van der Waals surface area contributed by atoms with E-state index >= 15 is 0 Å². The van der Waals surface area contributed by atoms with Crippen LogP contribution in [0, 0.1) is 17.0 Å². The molecule has 0 fully saturated rings. The van der Waals surface area contributed by atoms with Gasteiger partial charge in [0.2, 0.25) is 11.9 Å². The summed E-state index contributed by atoms with van der Waals surface area (Å²) >= 11 is 19.0. The Morgan fingerprint density at radius 3 is 2.42 bits per heavy atom. The number of anilines is 3. The third kappa shape index (κ3) is 6.14. The van der Waals surface area contributed by atoms with Crippen LogP contribution in [0.1, 0.15) is 31.9 Å². The molecule has 3 N–H and O–H groups in total. The van der Waals surface area contributed by atoms with Crippen molar-refractivity contribution >= 4 is 69.1 Å². The van der Waals surface area contributed by atoms with E-state index in [1.54, 1.807) is 35.9 Å². The number of fused-ring (bicyclic) bond motifs is 1. The van der Waals surface area contributed by atoms with E-state index in [0.29, 0.717) is 49.5 Å². The molecule has 11 heteroatoms. The lowest BCUT2D eigenvalue weighted by molar-refractivity contribution is -0.128. The molecule has 0 radical (unpaired) electrons. The largest absolute Gasteiger partial charge is 0.381 e. The monoisotopic (exact) mass is 579 g/mol. The van der Waals surface area contributed by atoms with E-state index in [9.17, 15) is 13.6 Å². The molecule has 4 rings (SSSR count). The lowest BCUT2D eigenvalue weighted by atomic mass is 9.95. The minimum absolute atomic E-state index is 0.0981. The number of nitrogens with one attached hydrogen (secondary N) is 3. The van der Waals surface area contributed by atoms with Crippen LogP contribution in [0.5, 0.6) is 0 Å². The summed E-state index contributed by atoms with van der Waals surface area (Å²) in [5, 5.41) is 9.93. The van der Waals surface area contributed by atoms with E-state index in [-0.39, 0.29) is 24.0 Å². The number of aromatic nitrogens is 2. The molecule has 6 nitrogen and oxygen atoms in total. The summed E-state index contributed by atoms with van der Waals surface area (Å²) in [4.78, 5) is 16.9. The van der Waals surface area contributed by atoms with Gasteiger partial charge >= 0.3 is 0 Å². The second-order valence-electron chi connectivity index (χ2n) is 9.89. The van der Waals surface area contributed by atoms with Gasteiger partial charge in [-0.2, -0.15) is 0 Å². The second-order valence-corrected chi connectivity index (χ2v) is 11.1. The van der Waals surface area contributed by atoms with E-state index in [1.807, 2.05) is 20.8 Å². The standard InChI is InChI=1S/C27H26Cl3F2N5O/c1-27(2,3)25(38)34-12-14-5-6-19(29)24(23(14)30)36-26-35-21-7-15(20(32)11-22(21)37(26)4)13-33-18-9-16(28)8-17(31)10-18/h5-11,33H,12-13H2,1-4H3,(H,34,38)(H,35,36). The maximum absolute atomic E-state index is 14.9. The van der Waals surface area contributed by atoms with Crippen LogP contribution < -0.4 is 16.0 Å². The maximum Gasteiger partial charge on any atom is 0.225 e. The highest BCUT2D eigenvalue weighted by atomic mass is 35.5. The molecule has 200 valence electrons. The van der Waals surface area contributed by atoms with Crippen LogP contribution in [0.4, 0.5) is 26.1 Å². The van der Waals surface area contributed by atoms with Crippen LogP contribution in [0.2, 0.25) is 15.1 Å². The molecule has 0 aliphatic carbocycles. The maximum atomic E-state index is 14.9. The van der Waals surface area contributed by atoms with Crippen LogP contribution in [-0.2, 0) is 24.9 Å². The number of carbonyl (C=O) groups is 1. The van der Waals surface area contributed by atoms with Gasteiger partial charge in [-0.15, -0.1) is 0 Å². The van der Waals surface area contributed by atoms with Gasteiger partial charge in [-0.05, 0) is 35.9 Å². The van der Waals surface area contributed by atoms with Crippen molar-refractivity contribution in [1.29, 1.82) is 0 Å². The number of rotatable bonds is 7. The average Bonchev–Trinajstić information content (AvgIpc) is 3.12. The van der Waals surface area contributed by atoms with E-state index in [0.717, 1.165) is 0 Å². The van der Waals surface area contributed by atoms with Gasteiger partial charge in [-0.3, -0.25) is 4.79 Å². The van der Waals surface area contributed by atoms with Gasteiger partial charge in [0.1, 0.15) is 11.6 Å². The van der Waals surface area contributed by atoms with Crippen LogP contribution >= 0.6 is 34.8 Å². The molecule has 0 spiro atoms. The Morgan fingerprint density at radius 2 is 1.74 bits per heavy atom.